The monoisotopic (exact) mass is 387 g/mol. The highest BCUT2D eigenvalue weighted by atomic mass is 16.5. The van der Waals surface area contributed by atoms with Gasteiger partial charge in [0.1, 0.15) is 0 Å². The van der Waals surface area contributed by atoms with Gasteiger partial charge in [0.25, 0.3) is 5.91 Å². The van der Waals surface area contributed by atoms with Crippen molar-refractivity contribution in [2.75, 3.05) is 0 Å². The number of hydrogen-bond donors (Lipinski definition) is 4. The second-order valence-corrected chi connectivity index (χ2v) is 7.31. The van der Waals surface area contributed by atoms with Gasteiger partial charge in [-0.1, -0.05) is 30.3 Å². The van der Waals surface area contributed by atoms with Gasteiger partial charge in [-0.15, -0.1) is 0 Å². The number of carboxylic acid groups (broad SMARTS) is 1. The maximum absolute atomic E-state index is 12.7. The zero-order chi connectivity index (χ0) is 20.3. The maximum atomic E-state index is 12.7. The molecule has 1 aromatic carbocycles. The van der Waals surface area contributed by atoms with Crippen LogP contribution in [0.4, 0.5) is 0 Å². The quantitative estimate of drug-likeness (QED) is 0.533. The van der Waals surface area contributed by atoms with Crippen LogP contribution in [0.1, 0.15) is 25.3 Å². The summed E-state index contributed by atoms with van der Waals surface area (Å²) in [5.74, 6) is -2.16. The summed E-state index contributed by atoms with van der Waals surface area (Å²) in [5, 5.41) is 14.7. The van der Waals surface area contributed by atoms with E-state index in [0.29, 0.717) is 5.92 Å². The van der Waals surface area contributed by atoms with E-state index in [1.165, 1.54) is 18.6 Å². The van der Waals surface area contributed by atoms with Crippen molar-refractivity contribution in [3.8, 4) is 0 Å². The predicted octanol–water partition coefficient (Wildman–Crippen LogP) is 0.323. The van der Waals surface area contributed by atoms with Crippen LogP contribution in [-0.4, -0.2) is 47.1 Å². The van der Waals surface area contributed by atoms with Crippen LogP contribution >= 0.6 is 0 Å². The number of nitrogens with one attached hydrogen (secondary N) is 2. The van der Waals surface area contributed by atoms with Crippen LogP contribution in [-0.2, 0) is 25.5 Å². The maximum Gasteiger partial charge on any atom is 0.370 e. The van der Waals surface area contributed by atoms with Gasteiger partial charge in [-0.05, 0) is 36.8 Å². The highest BCUT2D eigenvalue weighted by Gasteiger charge is 2.44. The fourth-order valence-electron chi connectivity index (χ4n) is 3.48. The molecule has 0 radical (unpaired) electrons. The van der Waals surface area contributed by atoms with E-state index in [9.17, 15) is 19.5 Å². The minimum atomic E-state index is -1.30. The number of aliphatic carboxylic acids is 1. The minimum absolute atomic E-state index is 0.0215. The molecule has 3 rings (SSSR count). The molecule has 0 aromatic heterocycles. The summed E-state index contributed by atoms with van der Waals surface area (Å²) < 4.78 is 5.34. The Hall–Kier alpha value is -2.87. The van der Waals surface area contributed by atoms with E-state index in [4.69, 9.17) is 10.5 Å². The number of hydrogen-bond acceptors (Lipinski definition) is 5. The van der Waals surface area contributed by atoms with Gasteiger partial charge in [0.05, 0.1) is 12.1 Å². The number of carbonyl (C=O) groups excluding carboxylic acids is 2. The summed E-state index contributed by atoms with van der Waals surface area (Å²) in [5.41, 5.74) is 7.21. The lowest BCUT2D eigenvalue weighted by molar-refractivity contribution is -0.143. The molecule has 1 fully saturated rings. The van der Waals surface area contributed by atoms with Gasteiger partial charge in [0, 0.05) is 13.0 Å². The number of benzene rings is 1. The largest absolute Gasteiger partial charge is 0.475 e. The van der Waals surface area contributed by atoms with Gasteiger partial charge in [0.2, 0.25) is 11.7 Å². The lowest BCUT2D eigenvalue weighted by Crippen LogP contribution is -2.61. The van der Waals surface area contributed by atoms with Crippen molar-refractivity contribution in [2.24, 2.45) is 11.7 Å². The highest BCUT2D eigenvalue weighted by molar-refractivity contribution is 5.88. The van der Waals surface area contributed by atoms with Crippen molar-refractivity contribution < 1.29 is 24.2 Å². The Morgan fingerprint density at radius 3 is 2.57 bits per heavy atom. The highest BCUT2D eigenvalue weighted by Crippen LogP contribution is 2.35. The van der Waals surface area contributed by atoms with Gasteiger partial charge >= 0.3 is 5.97 Å². The standard InChI is InChI=1S/C20H25N3O5/c1-11(24)22-17-14(21)10-16(20(26)27)28-18(17)19(25)23-15-9-13(15)8-7-12-5-3-2-4-6-12/h2-6,10,13-15,17-18H,7-9,21H2,1H3,(H,22,24)(H,23,25)(H,26,27)/t13?,14-,15?,17-,18-/m1/s1. The molecule has 1 aliphatic heterocycles. The Morgan fingerprint density at radius 2 is 1.93 bits per heavy atom. The first-order valence-electron chi connectivity index (χ1n) is 9.34. The summed E-state index contributed by atoms with van der Waals surface area (Å²) >= 11 is 0. The Kier molecular flexibility index (Phi) is 5.99. The second-order valence-electron chi connectivity index (χ2n) is 7.31. The van der Waals surface area contributed by atoms with E-state index in [2.05, 4.69) is 22.8 Å². The number of carbonyl (C=O) groups is 3. The number of nitrogens with two attached hydrogens (primary N) is 1. The van der Waals surface area contributed by atoms with Gasteiger partial charge in [-0.3, -0.25) is 9.59 Å². The van der Waals surface area contributed by atoms with Crippen LogP contribution in [0.25, 0.3) is 0 Å². The third-order valence-electron chi connectivity index (χ3n) is 5.07. The molecule has 8 nitrogen and oxygen atoms in total. The topological polar surface area (TPSA) is 131 Å². The zero-order valence-electron chi connectivity index (χ0n) is 15.6. The van der Waals surface area contributed by atoms with Crippen LogP contribution < -0.4 is 16.4 Å². The van der Waals surface area contributed by atoms with E-state index < -0.39 is 30.1 Å². The third kappa shape index (κ3) is 4.89. The van der Waals surface area contributed by atoms with E-state index in [1.807, 2.05) is 18.2 Å². The number of aryl methyl sites for hydroxylation is 1. The second kappa shape index (κ2) is 8.43. The zero-order valence-corrected chi connectivity index (χ0v) is 15.6. The Morgan fingerprint density at radius 1 is 1.21 bits per heavy atom. The van der Waals surface area contributed by atoms with Crippen LogP contribution in [0, 0.1) is 5.92 Å². The summed E-state index contributed by atoms with van der Waals surface area (Å²) in [7, 11) is 0. The number of rotatable bonds is 7. The Bertz CT molecular complexity index is 779. The van der Waals surface area contributed by atoms with Crippen molar-refractivity contribution in [3.63, 3.8) is 0 Å². The van der Waals surface area contributed by atoms with Crippen LogP contribution in [0.2, 0.25) is 0 Å². The molecule has 8 heteroatoms. The molecule has 1 aliphatic carbocycles. The van der Waals surface area contributed by atoms with Crippen LogP contribution in [0.5, 0.6) is 0 Å². The number of carboxylic acids is 1. The molecule has 1 saturated carbocycles. The molecule has 0 saturated heterocycles. The van der Waals surface area contributed by atoms with Gasteiger partial charge in [-0.2, -0.15) is 0 Å². The minimum Gasteiger partial charge on any atom is -0.475 e. The number of amides is 2. The summed E-state index contributed by atoms with van der Waals surface area (Å²) in [6, 6.07) is 8.48. The SMILES string of the molecule is CC(=O)N[C@@H]1[C@H](N)C=C(C(=O)O)O[C@H]1C(=O)NC1CC1CCc1ccccc1. The summed E-state index contributed by atoms with van der Waals surface area (Å²) in [4.78, 5) is 35.4. The first-order chi connectivity index (χ1) is 13.3. The lowest BCUT2D eigenvalue weighted by atomic mass is 9.98. The molecule has 0 spiro atoms. The van der Waals surface area contributed by atoms with Crippen molar-refractivity contribution in [1.82, 2.24) is 10.6 Å². The average Bonchev–Trinajstić information content (AvgIpc) is 3.39. The Labute approximate surface area is 163 Å². The van der Waals surface area contributed by atoms with E-state index in [0.717, 1.165) is 19.3 Å². The molecule has 0 bridgehead atoms. The van der Waals surface area contributed by atoms with Gasteiger partial charge in [0.15, 0.2) is 6.10 Å². The molecule has 1 heterocycles. The van der Waals surface area contributed by atoms with Gasteiger partial charge < -0.3 is 26.2 Å². The molecule has 5 atom stereocenters. The van der Waals surface area contributed by atoms with Crippen LogP contribution in [0.15, 0.2) is 42.2 Å². The molecule has 28 heavy (non-hydrogen) atoms. The fourth-order valence-corrected chi connectivity index (χ4v) is 3.48. The normalized spacial score (nSPS) is 28.5. The van der Waals surface area contributed by atoms with Crippen LogP contribution in [0.3, 0.4) is 0 Å². The molecule has 2 aliphatic rings. The van der Waals surface area contributed by atoms with E-state index in [-0.39, 0.29) is 17.7 Å². The predicted molar refractivity (Wildman–Crippen MR) is 101 cm³/mol. The van der Waals surface area contributed by atoms with Crippen molar-refractivity contribution in [3.05, 3.63) is 47.7 Å². The fraction of sp³-hybridized carbons (Fsp3) is 0.450. The van der Waals surface area contributed by atoms with Crippen molar-refractivity contribution >= 4 is 17.8 Å². The Balaban J connectivity index is 1.58. The molecule has 2 unspecified atom stereocenters. The molecular formula is C20H25N3O5. The smallest absolute Gasteiger partial charge is 0.370 e. The van der Waals surface area contributed by atoms with Gasteiger partial charge in [-0.25, -0.2) is 4.79 Å². The summed E-state index contributed by atoms with van der Waals surface area (Å²) in [6.07, 6.45) is 2.76. The molecule has 2 amide bonds. The summed E-state index contributed by atoms with van der Waals surface area (Å²) in [6.45, 7) is 1.30. The molecular weight excluding hydrogens is 362 g/mol. The number of ether oxygens (including phenoxy) is 1. The third-order valence-corrected chi connectivity index (χ3v) is 5.07. The molecule has 150 valence electrons. The average molecular weight is 387 g/mol. The molecule has 1 aromatic rings. The van der Waals surface area contributed by atoms with E-state index in [1.54, 1.807) is 0 Å². The van der Waals surface area contributed by atoms with E-state index >= 15 is 0 Å². The first kappa shape index (κ1) is 19.9. The lowest BCUT2D eigenvalue weighted by Gasteiger charge is -2.34. The molecule has 5 N–H and O–H groups in total. The van der Waals surface area contributed by atoms with Crippen molar-refractivity contribution in [2.45, 2.75) is 50.4 Å². The first-order valence-corrected chi connectivity index (χ1v) is 9.34. The van der Waals surface area contributed by atoms with Crippen molar-refractivity contribution in [1.29, 1.82) is 0 Å².